The van der Waals surface area contributed by atoms with Gasteiger partial charge in [0, 0.05) is 38.3 Å². The lowest BCUT2D eigenvalue weighted by atomic mass is 10.2. The monoisotopic (exact) mass is 307 g/mol. The van der Waals surface area contributed by atoms with E-state index in [0.29, 0.717) is 13.0 Å². The van der Waals surface area contributed by atoms with Gasteiger partial charge in [0.15, 0.2) is 0 Å². The first-order valence-corrected chi connectivity index (χ1v) is 5.88. The number of benzene rings is 1. The lowest BCUT2D eigenvalue weighted by molar-refractivity contribution is -0.121. The van der Waals surface area contributed by atoms with Crippen LogP contribution in [0.15, 0.2) is 30.3 Å². The number of rotatable bonds is 6. The Labute approximate surface area is 127 Å². The maximum Gasteiger partial charge on any atom is 0.221 e. The molecule has 1 atom stereocenters. The number of carbonyl (C=O) groups excluding carboxylic acids is 1. The van der Waals surface area contributed by atoms with Crippen molar-refractivity contribution in [3.8, 4) is 0 Å². The van der Waals surface area contributed by atoms with Crippen LogP contribution in [-0.2, 0) is 4.79 Å². The number of hydrogen-bond donors (Lipinski definition) is 2. The molecule has 0 aliphatic carbocycles. The Bertz CT molecular complexity index is 347. The molecule has 0 spiro atoms. The van der Waals surface area contributed by atoms with Crippen LogP contribution in [0, 0.1) is 0 Å². The van der Waals surface area contributed by atoms with E-state index in [1.54, 1.807) is 0 Å². The summed E-state index contributed by atoms with van der Waals surface area (Å²) in [6.45, 7) is 3.25. The second kappa shape index (κ2) is 10.9. The number of nitrogens with zero attached hydrogens (tertiary/aromatic N) is 1. The Hall–Kier alpha value is -0.970. The molecule has 0 aliphatic heterocycles. The zero-order valence-corrected chi connectivity index (χ0v) is 13.0. The first kappa shape index (κ1) is 20.3. The van der Waals surface area contributed by atoms with Crippen molar-refractivity contribution in [2.75, 3.05) is 25.0 Å². The van der Waals surface area contributed by atoms with Gasteiger partial charge in [-0.05, 0) is 19.1 Å². The molecule has 1 unspecified atom stereocenters. The van der Waals surface area contributed by atoms with E-state index in [1.807, 2.05) is 44.3 Å². The highest BCUT2D eigenvalue weighted by molar-refractivity contribution is 5.85. The molecule has 0 heterocycles. The Balaban J connectivity index is 0. The van der Waals surface area contributed by atoms with E-state index in [9.17, 15) is 4.79 Å². The summed E-state index contributed by atoms with van der Waals surface area (Å²) in [6.07, 6.45) is 0.384. The zero-order valence-electron chi connectivity index (χ0n) is 11.3. The minimum Gasteiger partial charge on any atom is -0.373 e. The maximum atomic E-state index is 11.4. The van der Waals surface area contributed by atoms with Crippen molar-refractivity contribution in [1.29, 1.82) is 0 Å². The first-order valence-electron chi connectivity index (χ1n) is 5.88. The van der Waals surface area contributed by atoms with Crippen molar-refractivity contribution < 1.29 is 4.79 Å². The molecule has 110 valence electrons. The molecule has 19 heavy (non-hydrogen) atoms. The van der Waals surface area contributed by atoms with Crippen LogP contribution in [-0.4, -0.2) is 32.1 Å². The van der Waals surface area contributed by atoms with Crippen LogP contribution >= 0.6 is 24.8 Å². The third kappa shape index (κ3) is 8.70. The fourth-order valence-corrected chi connectivity index (χ4v) is 1.54. The quantitative estimate of drug-likeness (QED) is 0.843. The van der Waals surface area contributed by atoms with E-state index in [0.717, 1.165) is 12.2 Å². The van der Waals surface area contributed by atoms with E-state index < -0.39 is 0 Å². The number of likely N-dealkylation sites (N-methyl/N-ethyl adjacent to an activating group) is 1. The summed E-state index contributed by atoms with van der Waals surface area (Å²) in [5, 5.41) is 2.85. The summed E-state index contributed by atoms with van der Waals surface area (Å²) in [6, 6.07) is 10.00. The van der Waals surface area contributed by atoms with E-state index in [2.05, 4.69) is 10.2 Å². The van der Waals surface area contributed by atoms with Crippen LogP contribution in [0.4, 0.5) is 5.69 Å². The molecule has 3 N–H and O–H groups in total. The number of amides is 1. The van der Waals surface area contributed by atoms with Gasteiger partial charge in [0.25, 0.3) is 0 Å². The van der Waals surface area contributed by atoms with Gasteiger partial charge < -0.3 is 16.0 Å². The largest absolute Gasteiger partial charge is 0.373 e. The molecule has 0 aliphatic rings. The summed E-state index contributed by atoms with van der Waals surface area (Å²) < 4.78 is 0. The number of anilines is 1. The standard InChI is InChI=1S/C13H21N3O.2ClH/c1-11(14)10-13(17)15-8-9-16(2)12-6-4-3-5-7-12;;/h3-7,11H,8-10,14H2,1-2H3,(H,15,17);2*1H. The van der Waals surface area contributed by atoms with Crippen molar-refractivity contribution in [2.24, 2.45) is 5.73 Å². The first-order chi connectivity index (χ1) is 8.09. The predicted octanol–water partition coefficient (Wildman–Crippen LogP) is 1.82. The van der Waals surface area contributed by atoms with Crippen molar-refractivity contribution in [2.45, 2.75) is 19.4 Å². The van der Waals surface area contributed by atoms with E-state index in [1.165, 1.54) is 0 Å². The molecule has 0 saturated heterocycles. The number of nitrogens with one attached hydrogen (secondary N) is 1. The Kier molecular flexibility index (Phi) is 11.7. The van der Waals surface area contributed by atoms with Crippen molar-refractivity contribution in [3.05, 3.63) is 30.3 Å². The van der Waals surface area contributed by atoms with Crippen molar-refractivity contribution >= 4 is 36.4 Å². The van der Waals surface area contributed by atoms with Gasteiger partial charge >= 0.3 is 0 Å². The molecule has 1 amide bonds. The number of nitrogens with two attached hydrogens (primary N) is 1. The molecule has 0 saturated carbocycles. The van der Waals surface area contributed by atoms with Crippen LogP contribution in [0.1, 0.15) is 13.3 Å². The topological polar surface area (TPSA) is 58.4 Å². The number of carbonyl (C=O) groups is 1. The van der Waals surface area contributed by atoms with E-state index >= 15 is 0 Å². The summed E-state index contributed by atoms with van der Waals surface area (Å²) in [5.74, 6) is 0.0152. The molecular formula is C13H23Cl2N3O. The summed E-state index contributed by atoms with van der Waals surface area (Å²) in [5.41, 5.74) is 6.69. The van der Waals surface area contributed by atoms with Gasteiger partial charge in [0.1, 0.15) is 0 Å². The summed E-state index contributed by atoms with van der Waals surface area (Å²) in [4.78, 5) is 13.5. The maximum absolute atomic E-state index is 11.4. The normalized spacial score (nSPS) is 10.7. The number of halogens is 2. The third-order valence-corrected chi connectivity index (χ3v) is 2.47. The van der Waals surface area contributed by atoms with Crippen LogP contribution in [0.5, 0.6) is 0 Å². The third-order valence-electron chi connectivity index (χ3n) is 2.47. The van der Waals surface area contributed by atoms with Gasteiger partial charge in [-0.25, -0.2) is 0 Å². The van der Waals surface area contributed by atoms with E-state index in [-0.39, 0.29) is 36.8 Å². The van der Waals surface area contributed by atoms with Crippen LogP contribution in [0.25, 0.3) is 0 Å². The van der Waals surface area contributed by atoms with Gasteiger partial charge in [0.2, 0.25) is 5.91 Å². The van der Waals surface area contributed by atoms with Crippen LogP contribution in [0.2, 0.25) is 0 Å². The van der Waals surface area contributed by atoms with Crippen molar-refractivity contribution in [1.82, 2.24) is 5.32 Å². The highest BCUT2D eigenvalue weighted by Gasteiger charge is 2.05. The molecule has 0 fully saturated rings. The molecule has 0 aromatic heterocycles. The van der Waals surface area contributed by atoms with Crippen LogP contribution < -0.4 is 16.0 Å². The van der Waals surface area contributed by atoms with E-state index in [4.69, 9.17) is 5.73 Å². The fraction of sp³-hybridized carbons (Fsp3) is 0.462. The van der Waals surface area contributed by atoms with Gasteiger partial charge in [-0.3, -0.25) is 4.79 Å². The minimum atomic E-state index is -0.0816. The second-order valence-corrected chi connectivity index (χ2v) is 4.29. The molecule has 1 aromatic carbocycles. The zero-order chi connectivity index (χ0) is 12.7. The molecular weight excluding hydrogens is 285 g/mol. The highest BCUT2D eigenvalue weighted by atomic mass is 35.5. The Morgan fingerprint density at radius 2 is 1.89 bits per heavy atom. The number of para-hydroxylation sites is 1. The molecule has 0 radical (unpaired) electrons. The lowest BCUT2D eigenvalue weighted by Crippen LogP contribution is -2.35. The minimum absolute atomic E-state index is 0. The highest BCUT2D eigenvalue weighted by Crippen LogP contribution is 2.09. The lowest BCUT2D eigenvalue weighted by Gasteiger charge is -2.19. The van der Waals surface area contributed by atoms with Gasteiger partial charge in [0.05, 0.1) is 0 Å². The van der Waals surface area contributed by atoms with Crippen molar-refractivity contribution in [3.63, 3.8) is 0 Å². The molecule has 0 bridgehead atoms. The SMILES string of the molecule is CC(N)CC(=O)NCCN(C)c1ccccc1.Cl.Cl. The molecule has 1 aromatic rings. The Morgan fingerprint density at radius 1 is 1.32 bits per heavy atom. The second-order valence-electron chi connectivity index (χ2n) is 4.29. The Morgan fingerprint density at radius 3 is 2.42 bits per heavy atom. The molecule has 6 heteroatoms. The smallest absolute Gasteiger partial charge is 0.221 e. The van der Waals surface area contributed by atoms with Crippen LogP contribution in [0.3, 0.4) is 0 Å². The predicted molar refractivity (Wildman–Crippen MR) is 85.5 cm³/mol. The van der Waals surface area contributed by atoms with Gasteiger partial charge in [-0.1, -0.05) is 18.2 Å². The molecule has 1 rings (SSSR count). The fourth-order valence-electron chi connectivity index (χ4n) is 1.54. The average Bonchev–Trinajstić information content (AvgIpc) is 2.29. The summed E-state index contributed by atoms with van der Waals surface area (Å²) in [7, 11) is 2.01. The summed E-state index contributed by atoms with van der Waals surface area (Å²) >= 11 is 0. The van der Waals surface area contributed by atoms with Gasteiger partial charge in [-0.2, -0.15) is 0 Å². The number of hydrogen-bond acceptors (Lipinski definition) is 3. The van der Waals surface area contributed by atoms with Gasteiger partial charge in [-0.15, -0.1) is 24.8 Å². The average molecular weight is 308 g/mol. The molecule has 4 nitrogen and oxygen atoms in total.